The highest BCUT2D eigenvalue weighted by molar-refractivity contribution is 9.10. The van der Waals surface area contributed by atoms with Gasteiger partial charge in [-0.1, -0.05) is 29.8 Å². The number of guanidine groups is 1. The van der Waals surface area contributed by atoms with Gasteiger partial charge in [-0.15, -0.1) is 0 Å². The van der Waals surface area contributed by atoms with Gasteiger partial charge < -0.3 is 10.6 Å². The summed E-state index contributed by atoms with van der Waals surface area (Å²) < 4.78 is 15.1. The van der Waals surface area contributed by atoms with E-state index in [1.807, 2.05) is 29.2 Å². The van der Waals surface area contributed by atoms with Crippen LogP contribution < -0.4 is 10.6 Å². The minimum Gasteiger partial charge on any atom is -0.369 e. The van der Waals surface area contributed by atoms with Crippen LogP contribution in [0.15, 0.2) is 51.9 Å². The van der Waals surface area contributed by atoms with E-state index < -0.39 is 0 Å². The van der Waals surface area contributed by atoms with Crippen LogP contribution in [0.5, 0.6) is 0 Å². The van der Waals surface area contributed by atoms with Crippen molar-refractivity contribution in [2.24, 2.45) is 10.7 Å². The minimum absolute atomic E-state index is 0.277. The van der Waals surface area contributed by atoms with Gasteiger partial charge in [0.15, 0.2) is 5.96 Å². The van der Waals surface area contributed by atoms with Crippen molar-refractivity contribution in [1.29, 1.82) is 0 Å². The van der Waals surface area contributed by atoms with Crippen molar-refractivity contribution in [2.75, 3.05) is 11.4 Å². The third-order valence-electron chi connectivity index (χ3n) is 3.42. The molecule has 1 aliphatic heterocycles. The first-order chi connectivity index (χ1) is 10.1. The van der Waals surface area contributed by atoms with Gasteiger partial charge in [0.25, 0.3) is 0 Å². The number of anilines is 1. The molecule has 6 heteroatoms. The van der Waals surface area contributed by atoms with E-state index >= 15 is 0 Å². The molecule has 21 heavy (non-hydrogen) atoms. The van der Waals surface area contributed by atoms with Crippen molar-refractivity contribution in [3.05, 3.63) is 63.3 Å². The van der Waals surface area contributed by atoms with Crippen LogP contribution in [0.1, 0.15) is 11.6 Å². The monoisotopic (exact) mass is 367 g/mol. The van der Waals surface area contributed by atoms with Crippen LogP contribution in [-0.2, 0) is 0 Å². The van der Waals surface area contributed by atoms with Crippen molar-refractivity contribution >= 4 is 39.2 Å². The molecule has 108 valence electrons. The van der Waals surface area contributed by atoms with Crippen LogP contribution >= 0.6 is 27.5 Å². The van der Waals surface area contributed by atoms with Crippen molar-refractivity contribution in [3.8, 4) is 0 Å². The number of benzene rings is 2. The van der Waals surface area contributed by atoms with Gasteiger partial charge in [0.2, 0.25) is 0 Å². The number of hydrogen-bond donors (Lipinski definition) is 1. The summed E-state index contributed by atoms with van der Waals surface area (Å²) in [6.07, 6.45) is 0. The fourth-order valence-electron chi connectivity index (χ4n) is 2.45. The Morgan fingerprint density at radius 2 is 2.05 bits per heavy atom. The van der Waals surface area contributed by atoms with Gasteiger partial charge in [0.1, 0.15) is 5.82 Å². The van der Waals surface area contributed by atoms with E-state index in [2.05, 4.69) is 20.9 Å². The Morgan fingerprint density at radius 1 is 1.29 bits per heavy atom. The molecular weight excluding hydrogens is 357 g/mol. The first-order valence-corrected chi connectivity index (χ1v) is 7.53. The van der Waals surface area contributed by atoms with Crippen molar-refractivity contribution in [1.82, 2.24) is 0 Å². The second kappa shape index (κ2) is 5.66. The first kappa shape index (κ1) is 14.4. The fourth-order valence-corrected chi connectivity index (χ4v) is 3.08. The van der Waals surface area contributed by atoms with Crippen molar-refractivity contribution in [2.45, 2.75) is 6.04 Å². The third-order valence-corrected chi connectivity index (χ3v) is 4.32. The predicted molar refractivity (Wildman–Crippen MR) is 87.3 cm³/mol. The van der Waals surface area contributed by atoms with E-state index in [1.54, 1.807) is 12.1 Å². The molecule has 1 atom stereocenters. The molecular formula is C15H12BrClFN3. The number of halogens is 3. The second-order valence-electron chi connectivity index (χ2n) is 4.70. The van der Waals surface area contributed by atoms with Crippen LogP contribution in [0.4, 0.5) is 10.1 Å². The summed E-state index contributed by atoms with van der Waals surface area (Å²) in [5.41, 5.74) is 7.38. The maximum absolute atomic E-state index is 14.2. The standard InChI is InChI=1S/C15H12BrClFN3/c16-11-3-1-2-4-13(11)21-14(8-20-15(21)19)10-6-5-9(17)7-12(10)18/h1-7,14H,8H2,(H2,19,20). The average molecular weight is 369 g/mol. The van der Waals surface area contributed by atoms with E-state index in [0.29, 0.717) is 23.1 Å². The van der Waals surface area contributed by atoms with Crippen LogP contribution in [0.25, 0.3) is 0 Å². The number of para-hydroxylation sites is 1. The number of nitrogens with zero attached hydrogens (tertiary/aromatic N) is 2. The van der Waals surface area contributed by atoms with E-state index in [0.717, 1.165) is 10.2 Å². The lowest BCUT2D eigenvalue weighted by Gasteiger charge is -2.27. The quantitative estimate of drug-likeness (QED) is 0.866. The summed E-state index contributed by atoms with van der Waals surface area (Å²) >= 11 is 9.31. The Hall–Kier alpha value is -1.59. The largest absolute Gasteiger partial charge is 0.369 e. The summed E-state index contributed by atoms with van der Waals surface area (Å²) in [6, 6.07) is 12.0. The summed E-state index contributed by atoms with van der Waals surface area (Å²) in [5, 5.41) is 0.371. The lowest BCUT2D eigenvalue weighted by atomic mass is 10.0. The molecule has 0 saturated carbocycles. The van der Waals surface area contributed by atoms with Crippen molar-refractivity contribution < 1.29 is 4.39 Å². The molecule has 2 aromatic carbocycles. The zero-order valence-corrected chi connectivity index (χ0v) is 13.3. The number of aliphatic imine (C=N–C) groups is 1. The molecule has 0 radical (unpaired) electrons. The van der Waals surface area contributed by atoms with E-state index in [9.17, 15) is 4.39 Å². The molecule has 2 aromatic rings. The van der Waals surface area contributed by atoms with Crippen LogP contribution in [0, 0.1) is 5.82 Å². The van der Waals surface area contributed by atoms with Gasteiger partial charge >= 0.3 is 0 Å². The van der Waals surface area contributed by atoms with E-state index in [4.69, 9.17) is 17.3 Å². The van der Waals surface area contributed by atoms with Gasteiger partial charge in [-0.25, -0.2) is 4.39 Å². The first-order valence-electron chi connectivity index (χ1n) is 6.36. The molecule has 1 unspecified atom stereocenters. The molecule has 0 spiro atoms. The summed E-state index contributed by atoms with van der Waals surface area (Å²) in [6.45, 7) is 0.408. The number of hydrogen-bond acceptors (Lipinski definition) is 3. The van der Waals surface area contributed by atoms with Gasteiger partial charge in [-0.2, -0.15) is 0 Å². The highest BCUT2D eigenvalue weighted by Crippen LogP contribution is 2.36. The smallest absolute Gasteiger partial charge is 0.196 e. The normalized spacial score (nSPS) is 18.0. The van der Waals surface area contributed by atoms with Gasteiger partial charge in [-0.3, -0.25) is 4.99 Å². The van der Waals surface area contributed by atoms with Gasteiger partial charge in [-0.05, 0) is 40.2 Å². The summed E-state index contributed by atoms with van der Waals surface area (Å²) in [4.78, 5) is 6.09. The maximum Gasteiger partial charge on any atom is 0.196 e. The summed E-state index contributed by atoms with van der Waals surface area (Å²) in [7, 11) is 0. The van der Waals surface area contributed by atoms with Gasteiger partial charge in [0.05, 0.1) is 18.3 Å². The molecule has 3 nitrogen and oxygen atoms in total. The Morgan fingerprint density at radius 3 is 2.76 bits per heavy atom. The minimum atomic E-state index is -0.352. The molecule has 2 N–H and O–H groups in total. The lowest BCUT2D eigenvalue weighted by Crippen LogP contribution is -2.36. The number of rotatable bonds is 2. The molecule has 3 rings (SSSR count). The van der Waals surface area contributed by atoms with E-state index in [-0.39, 0.29) is 11.9 Å². The molecule has 1 heterocycles. The Labute approximate surface area is 135 Å². The Balaban J connectivity index is 2.05. The molecule has 0 amide bonds. The maximum atomic E-state index is 14.2. The molecule has 0 fully saturated rings. The zero-order valence-electron chi connectivity index (χ0n) is 10.9. The van der Waals surface area contributed by atoms with Crippen LogP contribution in [0.3, 0.4) is 0 Å². The molecule has 0 bridgehead atoms. The fraction of sp³-hybridized carbons (Fsp3) is 0.133. The molecule has 0 saturated heterocycles. The van der Waals surface area contributed by atoms with Crippen LogP contribution in [0.2, 0.25) is 5.02 Å². The highest BCUT2D eigenvalue weighted by Gasteiger charge is 2.31. The molecule has 0 aliphatic carbocycles. The second-order valence-corrected chi connectivity index (χ2v) is 5.99. The van der Waals surface area contributed by atoms with E-state index in [1.165, 1.54) is 6.07 Å². The Bertz CT molecular complexity index is 720. The topological polar surface area (TPSA) is 41.6 Å². The third kappa shape index (κ3) is 2.63. The van der Waals surface area contributed by atoms with Crippen LogP contribution in [-0.4, -0.2) is 12.5 Å². The summed E-state index contributed by atoms with van der Waals surface area (Å²) in [5.74, 6) is 0.0238. The number of nitrogens with two attached hydrogens (primary N) is 1. The molecule has 0 aromatic heterocycles. The van der Waals surface area contributed by atoms with Gasteiger partial charge in [0, 0.05) is 15.1 Å². The lowest BCUT2D eigenvalue weighted by molar-refractivity contribution is 0.589. The SMILES string of the molecule is NC1=NCC(c2ccc(Cl)cc2F)N1c1ccccc1Br. The average Bonchev–Trinajstić information content (AvgIpc) is 2.81. The molecule has 1 aliphatic rings. The Kier molecular flexibility index (Phi) is 3.87. The highest BCUT2D eigenvalue weighted by atomic mass is 79.9. The van der Waals surface area contributed by atoms with Crippen molar-refractivity contribution in [3.63, 3.8) is 0 Å². The zero-order chi connectivity index (χ0) is 15.0. The predicted octanol–water partition coefficient (Wildman–Crippen LogP) is 4.12.